The minimum Gasteiger partial charge on any atom is -0.294 e. The largest absolute Gasteiger partial charge is 0.294 e. The Labute approximate surface area is 109 Å². The number of rotatable bonds is 5. The summed E-state index contributed by atoms with van der Waals surface area (Å²) in [5.41, 5.74) is 1.14. The van der Waals surface area contributed by atoms with Crippen molar-refractivity contribution in [2.45, 2.75) is 30.3 Å². The molecule has 0 aromatic heterocycles. The van der Waals surface area contributed by atoms with Gasteiger partial charge in [0, 0.05) is 16.9 Å². The lowest BCUT2D eigenvalue weighted by Gasteiger charge is -2.09. The van der Waals surface area contributed by atoms with Crippen LogP contribution in [-0.4, -0.2) is 17.7 Å². The van der Waals surface area contributed by atoms with E-state index in [0.717, 1.165) is 11.3 Å². The zero-order valence-corrected chi connectivity index (χ0v) is 12.2. The Morgan fingerprint density at radius 3 is 2.81 bits per heavy atom. The molecule has 16 heavy (non-hydrogen) atoms. The topological polar surface area (TPSA) is 17.1 Å². The number of ketones is 1. The molecular weight excluding hydrogens is 259 g/mol. The van der Waals surface area contributed by atoms with Crippen LogP contribution in [0.4, 0.5) is 0 Å². The Bertz CT molecular complexity index is 379. The van der Waals surface area contributed by atoms with E-state index in [4.69, 9.17) is 11.6 Å². The fraction of sp³-hybridized carbons (Fsp3) is 0.417. The standard InChI is InChI=1S/C12H16ClOPS/c1-8(15)6-7-10(14)12-9(13)4-3-5-11(12)16-2/h3-5,8H,6-7,15H2,1-2H3. The Morgan fingerprint density at radius 2 is 2.25 bits per heavy atom. The summed E-state index contributed by atoms with van der Waals surface area (Å²) in [6.45, 7) is 2.08. The summed E-state index contributed by atoms with van der Waals surface area (Å²) < 4.78 is 0. The molecule has 0 aliphatic heterocycles. The third kappa shape index (κ3) is 3.76. The number of halogens is 1. The number of hydrogen-bond acceptors (Lipinski definition) is 2. The van der Waals surface area contributed by atoms with Crippen LogP contribution >= 0.6 is 32.6 Å². The van der Waals surface area contributed by atoms with E-state index < -0.39 is 0 Å². The summed E-state index contributed by atoms with van der Waals surface area (Å²) in [6, 6.07) is 5.59. The molecule has 0 saturated heterocycles. The zero-order valence-electron chi connectivity index (χ0n) is 9.50. The van der Waals surface area contributed by atoms with Crippen LogP contribution in [0.25, 0.3) is 0 Å². The molecular formula is C12H16ClOPS. The van der Waals surface area contributed by atoms with Crippen LogP contribution < -0.4 is 0 Å². The van der Waals surface area contributed by atoms with Gasteiger partial charge in [0.15, 0.2) is 5.78 Å². The molecule has 0 heterocycles. The average Bonchev–Trinajstić information content (AvgIpc) is 2.25. The van der Waals surface area contributed by atoms with Crippen LogP contribution in [0, 0.1) is 0 Å². The van der Waals surface area contributed by atoms with Crippen LogP contribution in [0.3, 0.4) is 0 Å². The predicted molar refractivity (Wildman–Crippen MR) is 76.0 cm³/mol. The van der Waals surface area contributed by atoms with Crippen molar-refractivity contribution in [3.8, 4) is 0 Å². The number of carbonyl (C=O) groups excluding carboxylic acids is 1. The van der Waals surface area contributed by atoms with Crippen molar-refractivity contribution in [1.29, 1.82) is 0 Å². The van der Waals surface area contributed by atoms with Crippen molar-refractivity contribution in [3.63, 3.8) is 0 Å². The average molecular weight is 275 g/mol. The second kappa shape index (κ2) is 6.64. The van der Waals surface area contributed by atoms with Gasteiger partial charge in [0.1, 0.15) is 0 Å². The van der Waals surface area contributed by atoms with E-state index in [0.29, 0.717) is 22.7 Å². The molecule has 1 nitrogen and oxygen atoms in total. The maximum Gasteiger partial charge on any atom is 0.165 e. The molecule has 4 heteroatoms. The van der Waals surface area contributed by atoms with Crippen molar-refractivity contribution in [1.82, 2.24) is 0 Å². The third-order valence-electron chi connectivity index (χ3n) is 2.30. The zero-order chi connectivity index (χ0) is 12.1. The van der Waals surface area contributed by atoms with Crippen LogP contribution in [0.15, 0.2) is 23.1 Å². The van der Waals surface area contributed by atoms with Crippen LogP contribution in [0.2, 0.25) is 5.02 Å². The molecule has 0 spiro atoms. The van der Waals surface area contributed by atoms with Gasteiger partial charge in [0.2, 0.25) is 0 Å². The van der Waals surface area contributed by atoms with Crippen LogP contribution in [-0.2, 0) is 0 Å². The highest BCUT2D eigenvalue weighted by Gasteiger charge is 2.15. The van der Waals surface area contributed by atoms with Gasteiger partial charge in [-0.05, 0) is 30.5 Å². The third-order valence-corrected chi connectivity index (χ3v) is 3.73. The second-order valence-electron chi connectivity index (χ2n) is 3.76. The highest BCUT2D eigenvalue weighted by molar-refractivity contribution is 7.98. The van der Waals surface area contributed by atoms with Gasteiger partial charge < -0.3 is 0 Å². The van der Waals surface area contributed by atoms with Gasteiger partial charge in [0.25, 0.3) is 0 Å². The monoisotopic (exact) mass is 274 g/mol. The Balaban J connectivity index is 2.89. The van der Waals surface area contributed by atoms with Gasteiger partial charge in [-0.25, -0.2) is 0 Å². The first-order valence-corrected chi connectivity index (χ1v) is 7.44. The molecule has 0 aliphatic rings. The van der Waals surface area contributed by atoms with Crippen molar-refractivity contribution in [2.75, 3.05) is 6.26 Å². The summed E-state index contributed by atoms with van der Waals surface area (Å²) in [6.07, 6.45) is 3.39. The second-order valence-corrected chi connectivity index (χ2v) is 6.15. The minimum atomic E-state index is 0.143. The molecule has 0 N–H and O–H groups in total. The summed E-state index contributed by atoms with van der Waals surface area (Å²) in [5, 5.41) is 0.563. The highest BCUT2D eigenvalue weighted by Crippen LogP contribution is 2.28. The summed E-state index contributed by atoms with van der Waals surface area (Å²) in [7, 11) is 2.71. The van der Waals surface area contributed by atoms with Crippen LogP contribution in [0.5, 0.6) is 0 Å². The van der Waals surface area contributed by atoms with E-state index in [-0.39, 0.29) is 5.78 Å². The lowest BCUT2D eigenvalue weighted by atomic mass is 10.1. The van der Waals surface area contributed by atoms with E-state index in [1.807, 2.05) is 18.4 Å². The summed E-state index contributed by atoms with van der Waals surface area (Å²) >= 11 is 7.64. The molecule has 0 fully saturated rings. The molecule has 0 radical (unpaired) electrons. The Hall–Kier alpha value is -0.0400. The Kier molecular flexibility index (Phi) is 5.82. The highest BCUT2D eigenvalue weighted by atomic mass is 35.5. The first-order valence-electron chi connectivity index (χ1n) is 5.17. The maximum atomic E-state index is 12.0. The first-order chi connectivity index (χ1) is 7.56. The Morgan fingerprint density at radius 1 is 1.56 bits per heavy atom. The summed E-state index contributed by atoms with van der Waals surface area (Å²) in [5.74, 6) is 0.143. The van der Waals surface area contributed by atoms with E-state index in [2.05, 4.69) is 16.2 Å². The molecule has 88 valence electrons. The molecule has 2 atom stereocenters. The van der Waals surface area contributed by atoms with E-state index in [1.165, 1.54) is 0 Å². The van der Waals surface area contributed by atoms with E-state index >= 15 is 0 Å². The van der Waals surface area contributed by atoms with Gasteiger partial charge >= 0.3 is 0 Å². The SMILES string of the molecule is CSc1cccc(Cl)c1C(=O)CCC(C)P. The molecule has 1 aromatic rings. The van der Waals surface area contributed by atoms with Crippen molar-refractivity contribution >= 4 is 38.4 Å². The number of hydrogen-bond donors (Lipinski definition) is 0. The van der Waals surface area contributed by atoms with E-state index in [9.17, 15) is 4.79 Å². The molecule has 1 rings (SSSR count). The molecule has 0 amide bonds. The van der Waals surface area contributed by atoms with Gasteiger partial charge in [-0.1, -0.05) is 24.6 Å². The molecule has 0 bridgehead atoms. The minimum absolute atomic E-state index is 0.143. The number of thioether (sulfide) groups is 1. The van der Waals surface area contributed by atoms with Gasteiger partial charge in [-0.2, -0.15) is 0 Å². The molecule has 0 saturated carbocycles. The fourth-order valence-corrected chi connectivity index (χ4v) is 2.57. The predicted octanol–water partition coefficient (Wildman–Crippen LogP) is 4.29. The number of Topliss-reactive ketones (excluding diaryl/α,β-unsaturated/α-hetero) is 1. The molecule has 0 aliphatic carbocycles. The number of carbonyl (C=O) groups is 1. The van der Waals surface area contributed by atoms with E-state index in [1.54, 1.807) is 17.8 Å². The summed E-state index contributed by atoms with van der Waals surface area (Å²) in [4.78, 5) is 13.0. The smallest absolute Gasteiger partial charge is 0.165 e. The normalized spacial score (nSPS) is 12.5. The van der Waals surface area contributed by atoms with Crippen molar-refractivity contribution in [3.05, 3.63) is 28.8 Å². The van der Waals surface area contributed by atoms with Gasteiger partial charge in [-0.15, -0.1) is 21.0 Å². The molecule has 1 aromatic carbocycles. The quantitative estimate of drug-likeness (QED) is 0.453. The maximum absolute atomic E-state index is 12.0. The van der Waals surface area contributed by atoms with Gasteiger partial charge in [0.05, 0.1) is 5.02 Å². The van der Waals surface area contributed by atoms with Gasteiger partial charge in [-0.3, -0.25) is 4.79 Å². The van der Waals surface area contributed by atoms with Crippen molar-refractivity contribution in [2.24, 2.45) is 0 Å². The van der Waals surface area contributed by atoms with Crippen molar-refractivity contribution < 1.29 is 4.79 Å². The lowest BCUT2D eigenvalue weighted by molar-refractivity contribution is 0.0977. The van der Waals surface area contributed by atoms with Crippen LogP contribution in [0.1, 0.15) is 30.1 Å². The fourth-order valence-electron chi connectivity index (χ4n) is 1.43. The first kappa shape index (κ1) is 14.0. The molecule has 2 unspecified atom stereocenters. The number of benzene rings is 1. The lowest BCUT2D eigenvalue weighted by Crippen LogP contribution is -2.04.